The number of hydrogen-bond donors (Lipinski definition) is 1. The van der Waals surface area contributed by atoms with E-state index in [2.05, 4.69) is 35.1 Å². The number of carbonyl (C=O) groups excluding carboxylic acids is 1. The number of benzene rings is 1. The summed E-state index contributed by atoms with van der Waals surface area (Å²) in [6.45, 7) is 10.1. The van der Waals surface area contributed by atoms with Gasteiger partial charge in [-0.3, -0.25) is 15.2 Å². The van der Waals surface area contributed by atoms with Crippen molar-refractivity contribution in [3.05, 3.63) is 82.1 Å². The quantitative estimate of drug-likeness (QED) is 0.374. The minimum Gasteiger partial charge on any atom is -0.446 e. The van der Waals surface area contributed by atoms with Crippen LogP contribution in [0.2, 0.25) is 0 Å². The van der Waals surface area contributed by atoms with E-state index >= 15 is 0 Å². The second-order valence-electron chi connectivity index (χ2n) is 10.0. The van der Waals surface area contributed by atoms with Crippen LogP contribution in [0.5, 0.6) is 0 Å². The Morgan fingerprint density at radius 1 is 1.23 bits per heavy atom. The zero-order chi connectivity index (χ0) is 25.1. The molecule has 35 heavy (non-hydrogen) atoms. The van der Waals surface area contributed by atoms with Gasteiger partial charge in [0, 0.05) is 40.0 Å². The van der Waals surface area contributed by atoms with Crippen LogP contribution in [0, 0.1) is 17.5 Å². The molecule has 3 aromatic rings. The van der Waals surface area contributed by atoms with Gasteiger partial charge in [-0.05, 0) is 89.4 Å². The number of ether oxygens (including phenoxy) is 1. The molecular weight excluding hydrogens is 461 g/mol. The first-order chi connectivity index (χ1) is 16.7. The van der Waals surface area contributed by atoms with Crippen molar-refractivity contribution in [3.8, 4) is 0 Å². The van der Waals surface area contributed by atoms with Crippen LogP contribution >= 0.6 is 11.3 Å². The van der Waals surface area contributed by atoms with Crippen LogP contribution in [-0.2, 0) is 16.7 Å². The van der Waals surface area contributed by atoms with Crippen LogP contribution in [0.25, 0.3) is 0 Å². The standard InChI is InChI=1S/C28H34FN3O2S/c1-20-10-11-22(18-30-20)27(3,4)32-17-16-28(19-32,15-14-24-12-13-25(29)35-24)21(2)34-26(33)31-23-8-6-5-7-9-23/h5-13,18,21H,14-17,19H2,1-4H3,(H,31,33)/t21-,28+/m0/s1. The summed E-state index contributed by atoms with van der Waals surface area (Å²) in [7, 11) is 0. The number of nitrogens with zero attached hydrogens (tertiary/aromatic N) is 2. The van der Waals surface area contributed by atoms with E-state index in [1.165, 1.54) is 17.4 Å². The first kappa shape index (κ1) is 25.3. The number of pyridine rings is 1. The normalized spacial score (nSPS) is 19.5. The maximum absolute atomic E-state index is 13.6. The zero-order valence-electron chi connectivity index (χ0n) is 20.9. The molecule has 3 heterocycles. The number of nitrogens with one attached hydrogen (secondary N) is 1. The van der Waals surface area contributed by atoms with Crippen molar-refractivity contribution in [3.63, 3.8) is 0 Å². The fourth-order valence-corrected chi connectivity index (χ4v) is 5.66. The van der Waals surface area contributed by atoms with Gasteiger partial charge in [-0.1, -0.05) is 24.3 Å². The number of aromatic nitrogens is 1. The lowest BCUT2D eigenvalue weighted by Gasteiger charge is -2.40. The second kappa shape index (κ2) is 10.5. The number of para-hydroxylation sites is 1. The minimum absolute atomic E-state index is 0.165. The number of rotatable bonds is 8. The van der Waals surface area contributed by atoms with Gasteiger partial charge in [-0.25, -0.2) is 4.79 Å². The van der Waals surface area contributed by atoms with E-state index in [-0.39, 0.29) is 22.2 Å². The lowest BCUT2D eigenvalue weighted by Crippen LogP contribution is -2.45. The third-order valence-electron chi connectivity index (χ3n) is 7.46. The molecule has 0 unspecified atom stereocenters. The molecular formula is C28H34FN3O2S. The molecule has 1 N–H and O–H groups in total. The van der Waals surface area contributed by atoms with E-state index in [0.717, 1.165) is 48.5 Å². The average Bonchev–Trinajstić information content (AvgIpc) is 3.46. The second-order valence-corrected chi connectivity index (χ2v) is 11.1. The van der Waals surface area contributed by atoms with Crippen molar-refractivity contribution in [2.24, 2.45) is 5.41 Å². The van der Waals surface area contributed by atoms with E-state index in [9.17, 15) is 9.18 Å². The van der Waals surface area contributed by atoms with Gasteiger partial charge in [0.1, 0.15) is 6.10 Å². The fourth-order valence-electron chi connectivity index (χ4n) is 4.94. The molecule has 0 bridgehead atoms. The number of amides is 1. The number of anilines is 1. The lowest BCUT2D eigenvalue weighted by atomic mass is 9.77. The summed E-state index contributed by atoms with van der Waals surface area (Å²) in [5.41, 5.74) is 2.39. The number of hydrogen-bond acceptors (Lipinski definition) is 5. The molecule has 1 amide bonds. The van der Waals surface area contributed by atoms with Crippen molar-refractivity contribution < 1.29 is 13.9 Å². The maximum atomic E-state index is 13.6. The summed E-state index contributed by atoms with van der Waals surface area (Å²) >= 11 is 1.19. The Kier molecular flexibility index (Phi) is 7.57. The lowest BCUT2D eigenvalue weighted by molar-refractivity contribution is 0.0134. The highest BCUT2D eigenvalue weighted by Gasteiger charge is 2.48. The van der Waals surface area contributed by atoms with Gasteiger partial charge >= 0.3 is 6.09 Å². The predicted octanol–water partition coefficient (Wildman–Crippen LogP) is 6.79. The van der Waals surface area contributed by atoms with Crippen LogP contribution in [0.1, 0.15) is 49.7 Å². The number of thiophene rings is 1. The Morgan fingerprint density at radius 3 is 2.66 bits per heavy atom. The summed E-state index contributed by atoms with van der Waals surface area (Å²) in [6, 6.07) is 16.9. The molecule has 1 saturated heterocycles. The van der Waals surface area contributed by atoms with Crippen LogP contribution in [0.15, 0.2) is 60.8 Å². The molecule has 2 aromatic heterocycles. The molecule has 1 fully saturated rings. The molecule has 2 atom stereocenters. The SMILES string of the molecule is Cc1ccc(C(C)(C)N2CC[C@@](CCc3ccc(F)s3)([C@H](C)OC(=O)Nc3ccccc3)C2)cn1. The van der Waals surface area contributed by atoms with E-state index in [1.54, 1.807) is 0 Å². The highest BCUT2D eigenvalue weighted by atomic mass is 32.1. The number of likely N-dealkylation sites (tertiary alicyclic amines) is 1. The van der Waals surface area contributed by atoms with Crippen LogP contribution < -0.4 is 5.32 Å². The van der Waals surface area contributed by atoms with Crippen LogP contribution in [-0.4, -0.2) is 35.2 Å². The van der Waals surface area contributed by atoms with E-state index < -0.39 is 6.09 Å². The van der Waals surface area contributed by atoms with Gasteiger partial charge < -0.3 is 4.74 Å². The molecule has 7 heteroatoms. The molecule has 0 radical (unpaired) electrons. The summed E-state index contributed by atoms with van der Waals surface area (Å²) in [5.74, 6) is 0. The Balaban J connectivity index is 1.52. The van der Waals surface area contributed by atoms with Crippen molar-refractivity contribution in [1.82, 2.24) is 9.88 Å². The minimum atomic E-state index is -0.453. The molecule has 1 aromatic carbocycles. The Morgan fingerprint density at radius 2 is 2.00 bits per heavy atom. The zero-order valence-corrected chi connectivity index (χ0v) is 21.7. The van der Waals surface area contributed by atoms with Crippen LogP contribution in [0.4, 0.5) is 14.9 Å². The summed E-state index contributed by atoms with van der Waals surface area (Å²) in [4.78, 5) is 20.7. The summed E-state index contributed by atoms with van der Waals surface area (Å²) in [5, 5.41) is 2.67. The summed E-state index contributed by atoms with van der Waals surface area (Å²) < 4.78 is 19.6. The molecule has 1 aliphatic rings. The fraction of sp³-hybridized carbons (Fsp3) is 0.429. The van der Waals surface area contributed by atoms with Crippen LogP contribution in [0.3, 0.4) is 0 Å². The monoisotopic (exact) mass is 495 g/mol. The third-order valence-corrected chi connectivity index (χ3v) is 8.39. The number of halogens is 1. The molecule has 1 aliphatic heterocycles. The van der Waals surface area contributed by atoms with Gasteiger partial charge in [0.25, 0.3) is 0 Å². The Labute approximate surface area is 211 Å². The van der Waals surface area contributed by atoms with E-state index in [0.29, 0.717) is 5.69 Å². The molecule has 5 nitrogen and oxygen atoms in total. The Hall–Kier alpha value is -2.77. The molecule has 186 valence electrons. The first-order valence-corrected chi connectivity index (χ1v) is 12.9. The highest BCUT2D eigenvalue weighted by molar-refractivity contribution is 7.10. The van der Waals surface area contributed by atoms with Crippen molar-refractivity contribution in [2.45, 2.75) is 58.6 Å². The molecule has 0 spiro atoms. The van der Waals surface area contributed by atoms with E-state index in [1.807, 2.05) is 62.5 Å². The molecule has 0 aliphatic carbocycles. The largest absolute Gasteiger partial charge is 0.446 e. The first-order valence-electron chi connectivity index (χ1n) is 12.1. The predicted molar refractivity (Wildman–Crippen MR) is 139 cm³/mol. The smallest absolute Gasteiger partial charge is 0.411 e. The van der Waals surface area contributed by atoms with Gasteiger partial charge in [0.05, 0.1) is 0 Å². The Bertz CT molecular complexity index is 1130. The van der Waals surface area contributed by atoms with E-state index in [4.69, 9.17) is 4.74 Å². The number of aryl methyl sites for hydroxylation is 2. The average molecular weight is 496 g/mol. The number of carbonyl (C=O) groups is 1. The summed E-state index contributed by atoms with van der Waals surface area (Å²) in [6.07, 6.45) is 3.65. The highest BCUT2D eigenvalue weighted by Crippen LogP contribution is 2.45. The molecule has 0 saturated carbocycles. The van der Waals surface area contributed by atoms with Crippen molar-refractivity contribution in [1.29, 1.82) is 0 Å². The van der Waals surface area contributed by atoms with Gasteiger partial charge in [0.2, 0.25) is 0 Å². The topological polar surface area (TPSA) is 54.5 Å². The van der Waals surface area contributed by atoms with Crippen molar-refractivity contribution in [2.75, 3.05) is 18.4 Å². The van der Waals surface area contributed by atoms with Gasteiger partial charge in [-0.15, -0.1) is 11.3 Å². The van der Waals surface area contributed by atoms with Crippen molar-refractivity contribution >= 4 is 23.1 Å². The van der Waals surface area contributed by atoms with Gasteiger partial charge in [-0.2, -0.15) is 4.39 Å². The van der Waals surface area contributed by atoms with Gasteiger partial charge in [0.15, 0.2) is 5.13 Å². The molecule has 4 rings (SSSR count). The maximum Gasteiger partial charge on any atom is 0.411 e. The third kappa shape index (κ3) is 5.90.